The Labute approximate surface area is 124 Å². The van der Waals surface area contributed by atoms with Gasteiger partial charge in [-0.05, 0) is 25.8 Å². The van der Waals surface area contributed by atoms with Crippen molar-refractivity contribution in [2.75, 3.05) is 38.3 Å². The van der Waals surface area contributed by atoms with Crippen LogP contribution in [-0.4, -0.2) is 55.4 Å². The van der Waals surface area contributed by atoms with Crippen molar-refractivity contribution in [3.63, 3.8) is 0 Å². The highest BCUT2D eigenvalue weighted by Gasteiger charge is 2.21. The van der Waals surface area contributed by atoms with Gasteiger partial charge in [0.2, 0.25) is 0 Å². The van der Waals surface area contributed by atoms with Crippen molar-refractivity contribution in [3.8, 4) is 0 Å². The molecule has 1 aromatic heterocycles. The maximum atomic E-state index is 11.5. The second-order valence-electron chi connectivity index (χ2n) is 4.95. The smallest absolute Gasteiger partial charge is 0.358 e. The summed E-state index contributed by atoms with van der Waals surface area (Å²) >= 11 is 0. The summed E-state index contributed by atoms with van der Waals surface area (Å²) < 4.78 is 10.4. The molecular weight excluding hydrogens is 272 g/mol. The summed E-state index contributed by atoms with van der Waals surface area (Å²) in [6.45, 7) is 3.06. The van der Waals surface area contributed by atoms with Gasteiger partial charge in [-0.3, -0.25) is 4.98 Å². The zero-order valence-electron chi connectivity index (χ0n) is 12.3. The maximum absolute atomic E-state index is 11.5. The lowest BCUT2D eigenvalue weighted by Gasteiger charge is -2.32. The van der Waals surface area contributed by atoms with Crippen molar-refractivity contribution >= 4 is 11.8 Å². The van der Waals surface area contributed by atoms with Crippen LogP contribution in [0.4, 0.5) is 5.82 Å². The van der Waals surface area contributed by atoms with Gasteiger partial charge in [0.05, 0.1) is 25.6 Å². The van der Waals surface area contributed by atoms with E-state index in [2.05, 4.69) is 19.6 Å². The zero-order valence-corrected chi connectivity index (χ0v) is 12.3. The number of methoxy groups -OCH3 is 1. The van der Waals surface area contributed by atoms with Gasteiger partial charge in [-0.2, -0.15) is 0 Å². The van der Waals surface area contributed by atoms with E-state index < -0.39 is 5.97 Å². The fourth-order valence-electron chi connectivity index (χ4n) is 2.30. The van der Waals surface area contributed by atoms with Crippen LogP contribution in [0.25, 0.3) is 0 Å². The van der Waals surface area contributed by atoms with Crippen LogP contribution in [0.2, 0.25) is 0 Å². The molecule has 0 atom stereocenters. The number of piperidine rings is 1. The minimum atomic E-state index is -0.468. The van der Waals surface area contributed by atoms with Crippen LogP contribution in [0.3, 0.4) is 0 Å². The Morgan fingerprint density at radius 1 is 1.43 bits per heavy atom. The van der Waals surface area contributed by atoms with Crippen molar-refractivity contribution in [1.29, 1.82) is 0 Å². The van der Waals surface area contributed by atoms with E-state index in [0.717, 1.165) is 39.0 Å². The van der Waals surface area contributed by atoms with Gasteiger partial charge in [0.25, 0.3) is 0 Å². The number of nitrogens with two attached hydrogens (primary N) is 1. The fraction of sp³-hybridized carbons (Fsp3) is 0.643. The Bertz CT molecular complexity index is 461. The van der Waals surface area contributed by atoms with Crippen molar-refractivity contribution in [2.45, 2.75) is 25.4 Å². The lowest BCUT2D eigenvalue weighted by Crippen LogP contribution is -2.38. The summed E-state index contributed by atoms with van der Waals surface area (Å²) in [6.07, 6.45) is 6.14. The molecule has 0 unspecified atom stereocenters. The van der Waals surface area contributed by atoms with Crippen molar-refractivity contribution in [1.82, 2.24) is 9.97 Å². The van der Waals surface area contributed by atoms with Crippen LogP contribution in [0.1, 0.15) is 29.8 Å². The van der Waals surface area contributed by atoms with E-state index in [0.29, 0.717) is 12.4 Å². The predicted molar refractivity (Wildman–Crippen MR) is 78.2 cm³/mol. The molecule has 0 aromatic carbocycles. The highest BCUT2D eigenvalue weighted by molar-refractivity contribution is 5.87. The second kappa shape index (κ2) is 7.90. The first-order chi connectivity index (χ1) is 10.2. The van der Waals surface area contributed by atoms with Crippen LogP contribution in [-0.2, 0) is 9.47 Å². The maximum Gasteiger partial charge on any atom is 0.358 e. The molecule has 0 bridgehead atoms. The minimum Gasteiger partial charge on any atom is -0.464 e. The van der Waals surface area contributed by atoms with Crippen LogP contribution >= 0.6 is 0 Å². The van der Waals surface area contributed by atoms with Crippen molar-refractivity contribution < 1.29 is 14.3 Å². The van der Waals surface area contributed by atoms with E-state index in [1.54, 1.807) is 6.20 Å². The molecule has 0 saturated carbocycles. The third kappa shape index (κ3) is 4.37. The largest absolute Gasteiger partial charge is 0.464 e. The normalized spacial score (nSPS) is 16.0. The topological polar surface area (TPSA) is 90.6 Å². The van der Waals surface area contributed by atoms with E-state index in [1.807, 2.05) is 0 Å². The summed E-state index contributed by atoms with van der Waals surface area (Å²) in [7, 11) is 1.33. The highest BCUT2D eigenvalue weighted by Crippen LogP contribution is 2.19. The number of hydrogen-bond donors (Lipinski definition) is 1. The minimum absolute atomic E-state index is 0.233. The number of aromatic nitrogens is 2. The molecule has 1 aliphatic rings. The van der Waals surface area contributed by atoms with E-state index >= 15 is 0 Å². The number of ether oxygens (including phenoxy) is 2. The molecule has 0 aliphatic carbocycles. The molecule has 2 rings (SSSR count). The van der Waals surface area contributed by atoms with Gasteiger partial charge in [0.1, 0.15) is 5.82 Å². The average Bonchev–Trinajstić information content (AvgIpc) is 2.55. The second-order valence-corrected chi connectivity index (χ2v) is 4.95. The van der Waals surface area contributed by atoms with Crippen LogP contribution in [0.5, 0.6) is 0 Å². The number of carbonyl (C=O) groups is 1. The van der Waals surface area contributed by atoms with Crippen LogP contribution in [0, 0.1) is 0 Å². The Morgan fingerprint density at radius 2 is 2.19 bits per heavy atom. The Morgan fingerprint density at radius 3 is 2.86 bits per heavy atom. The van der Waals surface area contributed by atoms with Crippen molar-refractivity contribution in [2.24, 2.45) is 5.73 Å². The summed E-state index contributed by atoms with van der Waals surface area (Å²) in [4.78, 5) is 21.9. The van der Waals surface area contributed by atoms with Gasteiger partial charge in [0, 0.05) is 19.7 Å². The molecule has 116 valence electrons. The summed E-state index contributed by atoms with van der Waals surface area (Å²) in [5, 5.41) is 0. The van der Waals surface area contributed by atoms with E-state index in [4.69, 9.17) is 10.5 Å². The fourth-order valence-corrected chi connectivity index (χ4v) is 2.30. The molecule has 2 heterocycles. The summed E-state index contributed by atoms with van der Waals surface area (Å²) in [6, 6.07) is 0. The first kappa shape index (κ1) is 15.7. The number of carbonyl (C=O) groups excluding carboxylic acids is 1. The summed E-state index contributed by atoms with van der Waals surface area (Å²) in [5.74, 6) is 0.239. The van der Waals surface area contributed by atoms with Crippen LogP contribution < -0.4 is 10.6 Å². The van der Waals surface area contributed by atoms with Crippen LogP contribution in [0.15, 0.2) is 12.4 Å². The highest BCUT2D eigenvalue weighted by atomic mass is 16.5. The molecule has 21 heavy (non-hydrogen) atoms. The zero-order chi connectivity index (χ0) is 15.1. The first-order valence-corrected chi connectivity index (χ1v) is 7.21. The monoisotopic (exact) mass is 294 g/mol. The number of nitrogens with zero attached hydrogens (tertiary/aromatic N) is 3. The Hall–Kier alpha value is -1.73. The van der Waals surface area contributed by atoms with Gasteiger partial charge < -0.3 is 20.1 Å². The molecule has 7 nitrogen and oxygen atoms in total. The number of esters is 1. The third-order valence-electron chi connectivity index (χ3n) is 3.48. The molecule has 1 fully saturated rings. The van der Waals surface area contributed by atoms with E-state index in [9.17, 15) is 4.79 Å². The molecular formula is C14H22N4O3. The Balaban J connectivity index is 1.88. The number of rotatable bonds is 6. The standard InChI is InChI=1S/C14H22N4O3/c1-20-14(19)12-9-16-10-13(17-12)18-6-3-11(4-7-18)21-8-2-5-15/h9-11H,2-8,15H2,1H3. The molecule has 1 aliphatic heterocycles. The number of hydrogen-bond acceptors (Lipinski definition) is 7. The molecule has 1 saturated heterocycles. The predicted octanol–water partition coefficient (Wildman–Crippen LogP) is 0.597. The Kier molecular flexibility index (Phi) is 5.89. The SMILES string of the molecule is COC(=O)c1cncc(N2CCC(OCCCN)CC2)n1. The van der Waals surface area contributed by atoms with Gasteiger partial charge in [-0.1, -0.05) is 0 Å². The number of anilines is 1. The van der Waals surface area contributed by atoms with Gasteiger partial charge in [-0.25, -0.2) is 9.78 Å². The van der Waals surface area contributed by atoms with Gasteiger partial charge >= 0.3 is 5.97 Å². The first-order valence-electron chi connectivity index (χ1n) is 7.21. The summed E-state index contributed by atoms with van der Waals surface area (Å²) in [5.41, 5.74) is 5.68. The average molecular weight is 294 g/mol. The lowest BCUT2D eigenvalue weighted by molar-refractivity contribution is 0.0365. The van der Waals surface area contributed by atoms with Crippen molar-refractivity contribution in [3.05, 3.63) is 18.1 Å². The molecule has 0 spiro atoms. The molecule has 2 N–H and O–H groups in total. The van der Waals surface area contributed by atoms with Gasteiger partial charge in [0.15, 0.2) is 5.69 Å². The quantitative estimate of drug-likeness (QED) is 0.606. The third-order valence-corrected chi connectivity index (χ3v) is 3.48. The van der Waals surface area contributed by atoms with E-state index in [1.165, 1.54) is 13.3 Å². The molecule has 7 heteroatoms. The van der Waals surface area contributed by atoms with E-state index in [-0.39, 0.29) is 11.8 Å². The molecule has 1 aromatic rings. The molecule has 0 radical (unpaired) electrons. The lowest BCUT2D eigenvalue weighted by atomic mass is 10.1. The molecule has 0 amide bonds. The van der Waals surface area contributed by atoms with Gasteiger partial charge in [-0.15, -0.1) is 0 Å².